The fourth-order valence-corrected chi connectivity index (χ4v) is 3.64. The second-order valence-corrected chi connectivity index (χ2v) is 6.84. The van der Waals surface area contributed by atoms with Gasteiger partial charge in [0.15, 0.2) is 0 Å². The molecule has 1 N–H and O–H groups in total. The topological polar surface area (TPSA) is 45.8 Å². The number of β-amino-alcohol motifs (C(OH)–C–C–N with tert-alkyl or cyclic N) is 1. The first-order valence-corrected chi connectivity index (χ1v) is 8.71. The Balaban J connectivity index is 1.47. The molecule has 2 heterocycles. The number of hydrogen-bond donors (Lipinski definition) is 1. The Morgan fingerprint density at radius 2 is 2.12 bits per heavy atom. The minimum Gasteiger partial charge on any atom is -0.467 e. The molecule has 1 fully saturated rings. The van der Waals surface area contributed by atoms with E-state index in [9.17, 15) is 5.11 Å². The van der Waals surface area contributed by atoms with Crippen LogP contribution in [0.5, 0.6) is 0 Å². The average Bonchev–Trinajstić information content (AvgIpc) is 3.18. The Morgan fingerprint density at radius 3 is 2.88 bits per heavy atom. The lowest BCUT2D eigenvalue weighted by molar-refractivity contribution is 0.00402. The summed E-state index contributed by atoms with van der Waals surface area (Å²) in [4.78, 5) is 2.37. The molecule has 0 saturated carbocycles. The molecule has 24 heavy (non-hydrogen) atoms. The van der Waals surface area contributed by atoms with Gasteiger partial charge in [-0.05, 0) is 49.4 Å². The molecule has 1 aliphatic rings. The third kappa shape index (κ3) is 4.26. The van der Waals surface area contributed by atoms with Crippen LogP contribution < -0.4 is 0 Å². The van der Waals surface area contributed by atoms with Crippen LogP contribution in [0.2, 0.25) is 0 Å². The lowest BCUT2D eigenvalue weighted by Gasteiger charge is -2.24. The summed E-state index contributed by atoms with van der Waals surface area (Å²) in [6.45, 7) is 6.82. The fraction of sp³-hybridized carbons (Fsp3) is 0.500. The molecule has 1 aliphatic heterocycles. The van der Waals surface area contributed by atoms with Crippen molar-refractivity contribution in [2.45, 2.75) is 44.9 Å². The predicted octanol–water partition coefficient (Wildman–Crippen LogP) is 3.34. The monoisotopic (exact) mass is 329 g/mol. The van der Waals surface area contributed by atoms with Crippen LogP contribution in [0.3, 0.4) is 0 Å². The van der Waals surface area contributed by atoms with E-state index < -0.39 is 6.10 Å². The molecule has 4 nitrogen and oxygen atoms in total. The summed E-state index contributed by atoms with van der Waals surface area (Å²) in [5, 5.41) is 10.3. The van der Waals surface area contributed by atoms with Gasteiger partial charge in [0.25, 0.3) is 0 Å². The number of nitrogens with zero attached hydrogens (tertiary/aromatic N) is 1. The Hall–Kier alpha value is -1.62. The van der Waals surface area contributed by atoms with Crippen molar-refractivity contribution >= 4 is 0 Å². The quantitative estimate of drug-likeness (QED) is 0.846. The normalized spacial score (nSPS) is 22.8. The first-order chi connectivity index (χ1) is 11.6. The number of likely N-dealkylation sites (tertiary alicyclic amines) is 1. The van der Waals surface area contributed by atoms with Crippen molar-refractivity contribution in [3.63, 3.8) is 0 Å². The van der Waals surface area contributed by atoms with Gasteiger partial charge in [-0.2, -0.15) is 0 Å². The second kappa shape index (κ2) is 7.97. The summed E-state index contributed by atoms with van der Waals surface area (Å²) in [5.74, 6) is 1.34. The van der Waals surface area contributed by atoms with Crippen LogP contribution >= 0.6 is 0 Å². The van der Waals surface area contributed by atoms with Crippen molar-refractivity contribution in [3.05, 3.63) is 59.5 Å². The molecule has 4 heteroatoms. The lowest BCUT2D eigenvalue weighted by Crippen LogP contribution is -2.37. The smallest absolute Gasteiger partial charge is 0.129 e. The van der Waals surface area contributed by atoms with Crippen molar-refractivity contribution in [3.8, 4) is 0 Å². The van der Waals surface area contributed by atoms with Crippen molar-refractivity contribution in [2.75, 3.05) is 19.7 Å². The van der Waals surface area contributed by atoms with Crippen LogP contribution in [0.15, 0.2) is 47.1 Å². The van der Waals surface area contributed by atoms with E-state index >= 15 is 0 Å². The van der Waals surface area contributed by atoms with Crippen LogP contribution in [-0.4, -0.2) is 41.8 Å². The minimum absolute atomic E-state index is 0.332. The van der Waals surface area contributed by atoms with Crippen LogP contribution in [0.25, 0.3) is 0 Å². The number of aliphatic hydroxyl groups excluding tert-OH is 1. The number of aliphatic hydroxyl groups is 1. The zero-order chi connectivity index (χ0) is 16.9. The van der Waals surface area contributed by atoms with Crippen molar-refractivity contribution < 1.29 is 14.3 Å². The van der Waals surface area contributed by atoms with Gasteiger partial charge in [-0.1, -0.05) is 24.3 Å². The maximum absolute atomic E-state index is 10.3. The summed E-state index contributed by atoms with van der Waals surface area (Å²) in [7, 11) is 0. The van der Waals surface area contributed by atoms with E-state index in [1.807, 2.05) is 12.1 Å². The van der Waals surface area contributed by atoms with Crippen LogP contribution in [-0.2, 0) is 11.3 Å². The number of aryl methyl sites for hydroxylation is 1. The van der Waals surface area contributed by atoms with Crippen molar-refractivity contribution in [1.29, 1.82) is 0 Å². The number of benzene rings is 1. The molecule has 3 atom stereocenters. The van der Waals surface area contributed by atoms with Crippen molar-refractivity contribution in [2.24, 2.45) is 0 Å². The van der Waals surface area contributed by atoms with E-state index in [0.717, 1.165) is 18.7 Å². The molecule has 0 radical (unpaired) electrons. The van der Waals surface area contributed by atoms with E-state index in [1.54, 1.807) is 6.26 Å². The molecule has 1 aromatic carbocycles. The molecule has 3 unspecified atom stereocenters. The van der Waals surface area contributed by atoms with E-state index in [2.05, 4.69) is 43.0 Å². The van der Waals surface area contributed by atoms with Gasteiger partial charge in [0.1, 0.15) is 12.4 Å². The zero-order valence-corrected chi connectivity index (χ0v) is 14.5. The fourth-order valence-electron chi connectivity index (χ4n) is 3.64. The van der Waals surface area contributed by atoms with Gasteiger partial charge in [-0.15, -0.1) is 0 Å². The Morgan fingerprint density at radius 1 is 1.29 bits per heavy atom. The van der Waals surface area contributed by atoms with Gasteiger partial charge in [0.2, 0.25) is 0 Å². The maximum atomic E-state index is 10.3. The van der Waals surface area contributed by atoms with Gasteiger partial charge in [0.05, 0.1) is 19.0 Å². The highest BCUT2D eigenvalue weighted by atomic mass is 16.5. The Labute approximate surface area is 144 Å². The van der Waals surface area contributed by atoms with E-state index in [1.165, 1.54) is 11.1 Å². The number of rotatable bonds is 7. The molecular weight excluding hydrogens is 302 g/mol. The highest BCUT2D eigenvalue weighted by Gasteiger charge is 2.31. The van der Waals surface area contributed by atoms with E-state index in [-0.39, 0.29) is 0 Å². The molecule has 3 rings (SSSR count). The van der Waals surface area contributed by atoms with Crippen LogP contribution in [0.1, 0.15) is 36.1 Å². The summed E-state index contributed by atoms with van der Waals surface area (Å²) in [6, 6.07) is 12.8. The van der Waals surface area contributed by atoms with Gasteiger partial charge in [0, 0.05) is 19.1 Å². The second-order valence-electron chi connectivity index (χ2n) is 6.84. The molecule has 0 bridgehead atoms. The van der Waals surface area contributed by atoms with Gasteiger partial charge in [-0.3, -0.25) is 4.90 Å². The third-order valence-corrected chi connectivity index (χ3v) is 4.91. The molecule has 0 spiro atoms. The molecule has 1 aromatic heterocycles. The number of hydrogen-bond acceptors (Lipinski definition) is 4. The Kier molecular flexibility index (Phi) is 5.72. The van der Waals surface area contributed by atoms with Crippen LogP contribution in [0, 0.1) is 6.92 Å². The largest absolute Gasteiger partial charge is 0.467 e. The van der Waals surface area contributed by atoms with E-state index in [4.69, 9.17) is 9.15 Å². The number of furan rings is 1. The van der Waals surface area contributed by atoms with Gasteiger partial charge < -0.3 is 14.3 Å². The SMILES string of the molecule is Cc1ccccc1C1CC(C)N(CC(O)COCc2ccco2)C1. The van der Waals surface area contributed by atoms with Gasteiger partial charge in [-0.25, -0.2) is 0 Å². The number of ether oxygens (including phenoxy) is 1. The first-order valence-electron chi connectivity index (χ1n) is 8.71. The maximum Gasteiger partial charge on any atom is 0.129 e. The molecule has 130 valence electrons. The first kappa shape index (κ1) is 17.2. The Bertz CT molecular complexity index is 626. The van der Waals surface area contributed by atoms with E-state index in [0.29, 0.717) is 31.7 Å². The molecular formula is C20H27NO3. The molecule has 2 aromatic rings. The minimum atomic E-state index is -0.474. The highest BCUT2D eigenvalue weighted by Crippen LogP contribution is 2.33. The highest BCUT2D eigenvalue weighted by molar-refractivity contribution is 5.30. The van der Waals surface area contributed by atoms with Crippen LogP contribution in [0.4, 0.5) is 0 Å². The summed E-state index contributed by atoms with van der Waals surface area (Å²) in [5.41, 5.74) is 2.80. The summed E-state index contributed by atoms with van der Waals surface area (Å²) in [6.07, 6.45) is 2.30. The third-order valence-electron chi connectivity index (χ3n) is 4.91. The molecule has 1 saturated heterocycles. The zero-order valence-electron chi connectivity index (χ0n) is 14.5. The standard InChI is InChI=1S/C20H27NO3/c1-15-6-3-4-8-20(15)17-10-16(2)21(11-17)12-18(22)13-23-14-19-7-5-9-24-19/h3-9,16-18,22H,10-14H2,1-2H3. The summed E-state index contributed by atoms with van der Waals surface area (Å²) >= 11 is 0. The molecule has 0 aliphatic carbocycles. The van der Waals surface area contributed by atoms with Crippen molar-refractivity contribution in [1.82, 2.24) is 4.90 Å². The summed E-state index contributed by atoms with van der Waals surface area (Å²) < 4.78 is 10.8. The average molecular weight is 329 g/mol. The predicted molar refractivity (Wildman–Crippen MR) is 93.9 cm³/mol. The van der Waals surface area contributed by atoms with Gasteiger partial charge >= 0.3 is 0 Å². The lowest BCUT2D eigenvalue weighted by atomic mass is 9.93. The molecule has 0 amide bonds.